The molecule has 1 amide bonds. The Hall–Kier alpha value is -0.610. The van der Waals surface area contributed by atoms with Crippen LogP contribution in [0.15, 0.2) is 16.7 Å². The van der Waals surface area contributed by atoms with E-state index >= 15 is 0 Å². The molecule has 0 aromatic carbocycles. The van der Waals surface area contributed by atoms with Gasteiger partial charge in [-0.15, -0.1) is 0 Å². The summed E-state index contributed by atoms with van der Waals surface area (Å²) in [4.78, 5) is 15.8. The number of nitrogens with one attached hydrogen (secondary N) is 1. The molecule has 0 aliphatic carbocycles. The molecule has 0 aliphatic rings. The fourth-order valence-corrected chi connectivity index (χ4v) is 1.64. The predicted octanol–water partition coefficient (Wildman–Crippen LogP) is 3.66. The number of aromatic nitrogens is 1. The second kappa shape index (κ2) is 5.83. The maximum atomic E-state index is 11.9. The molecule has 0 unspecified atom stereocenters. The number of rotatable bonds is 4. The van der Waals surface area contributed by atoms with Crippen molar-refractivity contribution in [3.05, 3.63) is 27.5 Å². The molecule has 5 heteroatoms. The maximum absolute atomic E-state index is 11.9. The van der Waals surface area contributed by atoms with Crippen LogP contribution < -0.4 is 5.32 Å². The maximum Gasteiger partial charge on any atom is 0.254 e. The molecule has 1 N–H and O–H groups in total. The van der Waals surface area contributed by atoms with Crippen LogP contribution in [0.2, 0.25) is 5.15 Å². The van der Waals surface area contributed by atoms with Crippen molar-refractivity contribution in [3.8, 4) is 0 Å². The number of halogens is 2. The van der Waals surface area contributed by atoms with E-state index in [1.165, 1.54) is 0 Å². The van der Waals surface area contributed by atoms with E-state index in [0.29, 0.717) is 12.1 Å². The molecule has 0 saturated heterocycles. The summed E-state index contributed by atoms with van der Waals surface area (Å²) in [5.41, 5.74) is 0.481. The molecule has 0 bridgehead atoms. The van der Waals surface area contributed by atoms with Crippen LogP contribution >= 0.6 is 27.5 Å². The van der Waals surface area contributed by atoms with Gasteiger partial charge in [0, 0.05) is 17.2 Å². The van der Waals surface area contributed by atoms with Crippen LogP contribution in [0.4, 0.5) is 0 Å². The third kappa shape index (κ3) is 4.28. The fraction of sp³-hybridized carbons (Fsp3) is 0.500. The quantitative estimate of drug-likeness (QED) is 0.861. The molecular formula is C12H16BrClN2O. The monoisotopic (exact) mass is 318 g/mol. The lowest BCUT2D eigenvalue weighted by atomic mass is 9.90. The highest BCUT2D eigenvalue weighted by molar-refractivity contribution is 9.10. The van der Waals surface area contributed by atoms with Crippen LogP contribution in [0.25, 0.3) is 0 Å². The summed E-state index contributed by atoms with van der Waals surface area (Å²) >= 11 is 9.15. The minimum atomic E-state index is -0.190. The summed E-state index contributed by atoms with van der Waals surface area (Å²) in [6.45, 7) is 6.92. The summed E-state index contributed by atoms with van der Waals surface area (Å²) < 4.78 is 0.738. The number of pyridine rings is 1. The van der Waals surface area contributed by atoms with Gasteiger partial charge in [0.2, 0.25) is 0 Å². The van der Waals surface area contributed by atoms with Gasteiger partial charge in [0.1, 0.15) is 5.15 Å². The lowest BCUT2D eigenvalue weighted by molar-refractivity contribution is 0.0935. The first-order valence-electron chi connectivity index (χ1n) is 5.45. The van der Waals surface area contributed by atoms with Crippen LogP contribution in [0.1, 0.15) is 37.6 Å². The zero-order valence-electron chi connectivity index (χ0n) is 10.2. The van der Waals surface area contributed by atoms with Crippen molar-refractivity contribution in [2.45, 2.75) is 27.2 Å². The zero-order valence-corrected chi connectivity index (χ0v) is 12.5. The van der Waals surface area contributed by atoms with Gasteiger partial charge in [-0.1, -0.05) is 32.4 Å². The smallest absolute Gasteiger partial charge is 0.254 e. The second-order valence-electron chi connectivity index (χ2n) is 4.69. The van der Waals surface area contributed by atoms with Gasteiger partial charge in [0.25, 0.3) is 5.91 Å². The first-order chi connectivity index (χ1) is 7.85. The molecule has 0 aliphatic heterocycles. The molecule has 3 nitrogen and oxygen atoms in total. The van der Waals surface area contributed by atoms with Crippen molar-refractivity contribution in [1.82, 2.24) is 10.3 Å². The van der Waals surface area contributed by atoms with Crippen molar-refractivity contribution in [1.29, 1.82) is 0 Å². The number of amides is 1. The molecule has 0 atom stereocenters. The average Bonchev–Trinajstić information content (AvgIpc) is 2.29. The first-order valence-corrected chi connectivity index (χ1v) is 6.62. The van der Waals surface area contributed by atoms with Gasteiger partial charge in [-0.25, -0.2) is 4.98 Å². The number of hydrogen-bond donors (Lipinski definition) is 1. The van der Waals surface area contributed by atoms with E-state index in [0.717, 1.165) is 10.9 Å². The average molecular weight is 320 g/mol. The molecule has 0 radical (unpaired) electrons. The van der Waals surface area contributed by atoms with Crippen molar-refractivity contribution < 1.29 is 4.79 Å². The SMILES string of the molecule is CCC(C)(C)CNC(=O)c1cc(Br)cnc1Cl. The minimum absolute atomic E-state index is 0.0849. The zero-order chi connectivity index (χ0) is 13.1. The van der Waals surface area contributed by atoms with Gasteiger partial charge in [-0.3, -0.25) is 4.79 Å². The van der Waals surface area contributed by atoms with Crippen molar-refractivity contribution in [2.75, 3.05) is 6.54 Å². The summed E-state index contributed by atoms with van der Waals surface area (Å²) in [5, 5.41) is 3.10. The molecule has 0 spiro atoms. The Kier molecular flexibility index (Phi) is 4.95. The Morgan fingerprint density at radius 1 is 1.59 bits per heavy atom. The lowest BCUT2D eigenvalue weighted by Crippen LogP contribution is -2.33. The normalized spacial score (nSPS) is 11.4. The van der Waals surface area contributed by atoms with Gasteiger partial charge < -0.3 is 5.32 Å². The standard InChI is InChI=1S/C12H16BrClN2O/c1-4-12(2,3)7-16-11(17)9-5-8(13)6-15-10(9)14/h5-6H,4,7H2,1-3H3,(H,16,17). The lowest BCUT2D eigenvalue weighted by Gasteiger charge is -2.22. The Morgan fingerprint density at radius 3 is 2.82 bits per heavy atom. The second-order valence-corrected chi connectivity index (χ2v) is 5.97. The molecule has 0 fully saturated rings. The van der Waals surface area contributed by atoms with E-state index in [4.69, 9.17) is 11.6 Å². The van der Waals surface area contributed by atoms with Crippen LogP contribution in [-0.2, 0) is 0 Å². The molecule has 1 rings (SSSR count). The molecule has 0 saturated carbocycles. The van der Waals surface area contributed by atoms with Crippen molar-refractivity contribution in [3.63, 3.8) is 0 Å². The van der Waals surface area contributed by atoms with E-state index in [2.05, 4.69) is 47.0 Å². The van der Waals surface area contributed by atoms with E-state index in [-0.39, 0.29) is 16.5 Å². The van der Waals surface area contributed by atoms with E-state index < -0.39 is 0 Å². The third-order valence-corrected chi connectivity index (χ3v) is 3.47. The summed E-state index contributed by atoms with van der Waals surface area (Å²) in [5.74, 6) is -0.190. The molecule has 94 valence electrons. The summed E-state index contributed by atoms with van der Waals surface area (Å²) in [6, 6.07) is 1.67. The Balaban J connectivity index is 2.74. The topological polar surface area (TPSA) is 42.0 Å². The Morgan fingerprint density at radius 2 is 2.24 bits per heavy atom. The minimum Gasteiger partial charge on any atom is -0.351 e. The fourth-order valence-electron chi connectivity index (χ4n) is 1.12. The van der Waals surface area contributed by atoms with E-state index in [1.807, 2.05) is 0 Å². The van der Waals surface area contributed by atoms with Gasteiger partial charge in [0.15, 0.2) is 0 Å². The van der Waals surface area contributed by atoms with Crippen molar-refractivity contribution in [2.24, 2.45) is 5.41 Å². The van der Waals surface area contributed by atoms with Gasteiger partial charge in [-0.2, -0.15) is 0 Å². The number of carbonyl (C=O) groups excluding carboxylic acids is 1. The van der Waals surface area contributed by atoms with E-state index in [1.54, 1.807) is 12.3 Å². The van der Waals surface area contributed by atoms with Crippen molar-refractivity contribution >= 4 is 33.4 Å². The van der Waals surface area contributed by atoms with Gasteiger partial charge in [-0.05, 0) is 33.8 Å². The summed E-state index contributed by atoms with van der Waals surface area (Å²) in [7, 11) is 0. The highest BCUT2D eigenvalue weighted by Gasteiger charge is 2.18. The van der Waals surface area contributed by atoms with Gasteiger partial charge >= 0.3 is 0 Å². The number of carbonyl (C=O) groups is 1. The van der Waals surface area contributed by atoms with E-state index in [9.17, 15) is 4.79 Å². The van der Waals surface area contributed by atoms with Crippen LogP contribution in [0, 0.1) is 5.41 Å². The third-order valence-electron chi connectivity index (χ3n) is 2.73. The molecular weight excluding hydrogens is 304 g/mol. The molecule has 17 heavy (non-hydrogen) atoms. The summed E-state index contributed by atoms with van der Waals surface area (Å²) in [6.07, 6.45) is 2.56. The van der Waals surface area contributed by atoms with Crippen LogP contribution in [0.5, 0.6) is 0 Å². The Labute approximate surface area is 115 Å². The Bertz CT molecular complexity index is 421. The highest BCUT2D eigenvalue weighted by atomic mass is 79.9. The largest absolute Gasteiger partial charge is 0.351 e. The van der Waals surface area contributed by atoms with Crippen LogP contribution in [-0.4, -0.2) is 17.4 Å². The number of hydrogen-bond acceptors (Lipinski definition) is 2. The highest BCUT2D eigenvalue weighted by Crippen LogP contribution is 2.20. The molecule has 1 aromatic heterocycles. The first kappa shape index (κ1) is 14.5. The molecule has 1 aromatic rings. The molecule has 1 heterocycles. The number of nitrogens with zero attached hydrogens (tertiary/aromatic N) is 1. The van der Waals surface area contributed by atoms with Gasteiger partial charge in [0.05, 0.1) is 5.56 Å². The predicted molar refractivity (Wildman–Crippen MR) is 73.4 cm³/mol. The van der Waals surface area contributed by atoms with Crippen LogP contribution in [0.3, 0.4) is 0 Å².